The second kappa shape index (κ2) is 43.3. The van der Waals surface area contributed by atoms with Crippen molar-refractivity contribution in [2.24, 2.45) is 23.7 Å². The van der Waals surface area contributed by atoms with Gasteiger partial charge < -0.3 is 74.0 Å². The van der Waals surface area contributed by atoms with E-state index in [-0.39, 0.29) is 105 Å². The van der Waals surface area contributed by atoms with E-state index in [0.29, 0.717) is 91.7 Å². The largest absolute Gasteiger partial charge is 0.480 e. The first-order chi connectivity index (χ1) is 47.8. The molecule has 0 bridgehead atoms. The first-order valence-corrected chi connectivity index (χ1v) is 35.6. The van der Waals surface area contributed by atoms with Gasteiger partial charge in [0.2, 0.25) is 47.3 Å². The lowest BCUT2D eigenvalue weighted by atomic mass is 9.89. The van der Waals surface area contributed by atoms with Gasteiger partial charge in [-0.1, -0.05) is 147 Å². The number of hydrogen-bond donors (Lipinski definition) is 4. The molecule has 0 aromatic heterocycles. The fraction of sp³-hybridized carbons (Fsp3) is 0.618. The van der Waals surface area contributed by atoms with E-state index in [4.69, 9.17) is 28.4 Å². The summed E-state index contributed by atoms with van der Waals surface area (Å²) >= 11 is 0. The van der Waals surface area contributed by atoms with Crippen LogP contribution in [0.4, 0.5) is 5.69 Å². The van der Waals surface area contributed by atoms with E-state index in [1.807, 2.05) is 84.0 Å². The number of amides is 8. The Hall–Kier alpha value is -7.61. The number of carbonyl (C=O) groups excluding carboxylic acids is 8. The minimum atomic E-state index is -1.18. The van der Waals surface area contributed by atoms with Crippen molar-refractivity contribution in [2.75, 3.05) is 113 Å². The topological polar surface area (TPSA) is 282 Å². The number of ether oxygens (including phenoxy) is 6. The van der Waals surface area contributed by atoms with Gasteiger partial charge >= 0.3 is 5.97 Å². The van der Waals surface area contributed by atoms with E-state index in [1.165, 1.54) is 24.7 Å². The van der Waals surface area contributed by atoms with Gasteiger partial charge in [0.05, 0.1) is 102 Å². The Balaban J connectivity index is 0.959. The summed E-state index contributed by atoms with van der Waals surface area (Å²) in [6.45, 7) is 19.1. The molecule has 1 saturated heterocycles. The molecule has 24 heteroatoms. The molecular formula is C76H114N8O16. The lowest BCUT2D eigenvalue weighted by molar-refractivity contribution is -0.149. The third-order valence-electron chi connectivity index (χ3n) is 19.1. The van der Waals surface area contributed by atoms with Gasteiger partial charge in [0.15, 0.2) is 0 Å². The number of para-hydroxylation sites is 1. The highest BCUT2D eigenvalue weighted by Crippen LogP contribution is 2.33. The lowest BCUT2D eigenvalue weighted by Crippen LogP contribution is -2.60. The van der Waals surface area contributed by atoms with E-state index in [0.717, 1.165) is 22.4 Å². The number of likely N-dealkylation sites (N-methyl/N-ethyl adjacent to an activating group) is 3. The van der Waals surface area contributed by atoms with Crippen LogP contribution >= 0.6 is 0 Å². The Morgan fingerprint density at radius 1 is 0.670 bits per heavy atom. The molecule has 3 aromatic rings. The number of benzene rings is 3. The number of nitrogens with zero attached hydrogens (tertiary/aromatic N) is 5. The summed E-state index contributed by atoms with van der Waals surface area (Å²) in [6, 6.07) is 20.7. The quantitative estimate of drug-likeness (QED) is 0.0405. The van der Waals surface area contributed by atoms with Crippen molar-refractivity contribution in [1.29, 1.82) is 0 Å². The molecule has 24 nitrogen and oxygen atoms in total. The van der Waals surface area contributed by atoms with Crippen LogP contribution in [0.2, 0.25) is 0 Å². The number of methoxy groups -OCH3 is 2. The van der Waals surface area contributed by atoms with Gasteiger partial charge in [-0.3, -0.25) is 38.4 Å². The van der Waals surface area contributed by atoms with E-state index in [1.54, 1.807) is 71.9 Å². The molecule has 2 aliphatic heterocycles. The van der Waals surface area contributed by atoms with Crippen LogP contribution in [0.25, 0.3) is 6.08 Å². The molecule has 554 valence electrons. The maximum atomic E-state index is 14.8. The van der Waals surface area contributed by atoms with Gasteiger partial charge in [-0.2, -0.15) is 0 Å². The number of carboxylic acids is 1. The summed E-state index contributed by atoms with van der Waals surface area (Å²) in [5, 5.41) is 18.5. The zero-order valence-corrected chi connectivity index (χ0v) is 61.5. The molecule has 2 heterocycles. The average molecular weight is 1400 g/mol. The normalized spacial score (nSPS) is 17.1. The van der Waals surface area contributed by atoms with Crippen molar-refractivity contribution in [2.45, 2.75) is 174 Å². The fourth-order valence-corrected chi connectivity index (χ4v) is 13.1. The number of allylic oxidation sites excluding steroid dienone is 1. The van der Waals surface area contributed by atoms with Crippen LogP contribution in [0.3, 0.4) is 0 Å². The number of aliphatic carboxylic acids is 1. The number of likely N-dealkylation sites (tertiary alicyclic amines) is 1. The lowest BCUT2D eigenvalue weighted by Gasteiger charge is -2.41. The summed E-state index contributed by atoms with van der Waals surface area (Å²) in [6.07, 6.45) is 4.99. The van der Waals surface area contributed by atoms with Crippen LogP contribution < -0.4 is 20.9 Å². The number of nitrogens with one attached hydrogen (secondary N) is 3. The molecule has 10 atom stereocenters. The highest BCUT2D eigenvalue weighted by Gasteiger charge is 2.44. The summed E-state index contributed by atoms with van der Waals surface area (Å²) < 4.78 is 34.5. The van der Waals surface area contributed by atoms with Crippen LogP contribution in [0.1, 0.15) is 141 Å². The van der Waals surface area contributed by atoms with Crippen LogP contribution in [0, 0.1) is 23.7 Å². The molecule has 8 amide bonds. The molecule has 1 fully saturated rings. The van der Waals surface area contributed by atoms with Crippen LogP contribution in [0.5, 0.6) is 0 Å². The predicted molar refractivity (Wildman–Crippen MR) is 383 cm³/mol. The van der Waals surface area contributed by atoms with Gasteiger partial charge in [-0.25, -0.2) is 4.79 Å². The zero-order chi connectivity index (χ0) is 73.4. The third-order valence-corrected chi connectivity index (χ3v) is 19.1. The second-order valence-electron chi connectivity index (χ2n) is 27.0. The summed E-state index contributed by atoms with van der Waals surface area (Å²) in [4.78, 5) is 131. The van der Waals surface area contributed by atoms with Gasteiger partial charge in [0.1, 0.15) is 18.1 Å². The first kappa shape index (κ1) is 83.1. The molecule has 2 aliphatic rings. The second-order valence-corrected chi connectivity index (χ2v) is 27.0. The highest BCUT2D eigenvalue weighted by molar-refractivity contribution is 5.97. The van der Waals surface area contributed by atoms with E-state index < -0.39 is 72.0 Å². The van der Waals surface area contributed by atoms with Crippen molar-refractivity contribution in [3.63, 3.8) is 0 Å². The van der Waals surface area contributed by atoms with Crippen LogP contribution in [-0.2, 0) is 84.5 Å². The van der Waals surface area contributed by atoms with Crippen molar-refractivity contribution in [3.05, 3.63) is 107 Å². The minimum absolute atomic E-state index is 0.0113. The zero-order valence-electron chi connectivity index (χ0n) is 61.5. The molecule has 1 unspecified atom stereocenters. The third kappa shape index (κ3) is 25.5. The molecule has 0 aliphatic carbocycles. The molecule has 3 aromatic carbocycles. The Morgan fingerprint density at radius 2 is 1.29 bits per heavy atom. The highest BCUT2D eigenvalue weighted by atomic mass is 16.6. The molecule has 0 radical (unpaired) electrons. The predicted octanol–water partition coefficient (Wildman–Crippen LogP) is 7.30. The van der Waals surface area contributed by atoms with Crippen LogP contribution in [-0.4, -0.2) is 228 Å². The van der Waals surface area contributed by atoms with Gasteiger partial charge in [-0.05, 0) is 71.3 Å². The molecule has 0 spiro atoms. The van der Waals surface area contributed by atoms with Gasteiger partial charge in [-0.15, -0.1) is 0 Å². The number of carbonyl (C=O) groups is 9. The molecule has 0 saturated carbocycles. The summed E-state index contributed by atoms with van der Waals surface area (Å²) in [5.41, 5.74) is 4.76. The summed E-state index contributed by atoms with van der Waals surface area (Å²) in [5.74, 6) is -5.21. The standard InChI is InChI=1S/C76H114N8O16/c1-14-53(6)71(63(95-12)49-68(89)83-38-23-30-62(83)72(96-13)55(8)73(90)78-60(76(93)94)48-56-24-16-15-17-25-56)82(11)75(92)69(51(2)3)79-74(91)70(52(4)5)81(10)66(87)32-22-31-65(86)80(9)39-41-98-43-45-100-47-46-99-44-42-97-40-37-77-64(85)35-36-67(88)84-50-58-27-18-20-28-59(58)54(7)33-34-57-26-19-21-29-61(57)84/h15-21,24-29,33-34,51-55,60,62-63,69-72H,14,22-23,30-32,35-50H2,1-13H3,(H,77,85)(H,78,90)(H,79,91)(H,93,94)/b34-33-/t53-,54?,55+,60-,62-,63+,69-,70-,71-,72+/m0/s1. The Kier molecular flexibility index (Phi) is 35.9. The van der Waals surface area contributed by atoms with Gasteiger partial charge in [0.25, 0.3) is 0 Å². The SMILES string of the molecule is CC[C@H](C)[C@@H]([C@@H](CC(=O)N1CCC[C@H]1[C@H](OC)[C@@H](C)C(=O)N[C@@H](Cc1ccccc1)C(=O)O)OC)N(C)C(=O)[C@@H](NC(=O)[C@H](C(C)C)N(C)C(=O)CCCC(=O)N(C)CCOCCOCCOCCOCCNC(=O)CCC(=O)N1Cc2ccccc2C(C)/C=C\c2ccccc21)C(C)C. The minimum Gasteiger partial charge on any atom is -0.480 e. The number of rotatable bonds is 43. The number of anilines is 1. The summed E-state index contributed by atoms with van der Waals surface area (Å²) in [7, 11) is 7.84. The van der Waals surface area contributed by atoms with Crippen molar-refractivity contribution >= 4 is 65.0 Å². The van der Waals surface area contributed by atoms with E-state index >= 15 is 0 Å². The fourth-order valence-electron chi connectivity index (χ4n) is 13.1. The monoisotopic (exact) mass is 1390 g/mol. The molecule has 100 heavy (non-hydrogen) atoms. The number of fused-ring (bicyclic) bond motifs is 2. The number of hydrogen-bond acceptors (Lipinski definition) is 15. The van der Waals surface area contributed by atoms with Crippen molar-refractivity contribution in [3.8, 4) is 0 Å². The maximum absolute atomic E-state index is 14.8. The molecule has 5 rings (SSSR count). The van der Waals surface area contributed by atoms with E-state index in [9.17, 15) is 48.3 Å². The van der Waals surface area contributed by atoms with Crippen molar-refractivity contribution in [1.82, 2.24) is 35.6 Å². The Labute approximate surface area is 592 Å². The molecule has 4 N–H and O–H groups in total. The van der Waals surface area contributed by atoms with Gasteiger partial charge in [0, 0.05) is 87.1 Å². The Bertz CT molecular complexity index is 3110. The smallest absolute Gasteiger partial charge is 0.326 e. The van der Waals surface area contributed by atoms with Crippen LogP contribution in [0.15, 0.2) is 84.9 Å². The average Bonchev–Trinajstić information content (AvgIpc) is 1.49. The first-order valence-electron chi connectivity index (χ1n) is 35.6. The maximum Gasteiger partial charge on any atom is 0.326 e. The Morgan fingerprint density at radius 3 is 1.92 bits per heavy atom. The van der Waals surface area contributed by atoms with E-state index in [2.05, 4.69) is 47.2 Å². The van der Waals surface area contributed by atoms with Crippen molar-refractivity contribution < 1.29 is 76.7 Å². The molecular weight excluding hydrogens is 1280 g/mol. The number of carboxylic acid groups (broad SMARTS) is 1.